The molecule has 3 atom stereocenters. The van der Waals surface area contributed by atoms with Crippen molar-refractivity contribution in [3.8, 4) is 0 Å². The van der Waals surface area contributed by atoms with Crippen LogP contribution in [0.25, 0.3) is 0 Å². The predicted molar refractivity (Wildman–Crippen MR) is 63.5 cm³/mol. The second-order valence-electron chi connectivity index (χ2n) is 6.30. The van der Waals surface area contributed by atoms with E-state index in [0.717, 1.165) is 19.4 Å². The van der Waals surface area contributed by atoms with Crippen LogP contribution in [0, 0.1) is 23.7 Å². The molecule has 0 radical (unpaired) electrons. The van der Waals surface area contributed by atoms with Gasteiger partial charge in [-0.1, -0.05) is 6.92 Å². The molecule has 96 valence electrons. The lowest BCUT2D eigenvalue weighted by Crippen LogP contribution is -2.52. The highest BCUT2D eigenvalue weighted by molar-refractivity contribution is 5.69. The highest BCUT2D eigenvalue weighted by atomic mass is 16.6. The number of aldehydes is 1. The molecule has 0 aromatic heterocycles. The van der Waals surface area contributed by atoms with E-state index in [0.29, 0.717) is 17.8 Å². The third kappa shape index (κ3) is 2.45. The SMILES string of the molecule is CC1C(C=O)C1C1CN(C(=O)OC(C)(C)C)C1. The molecule has 3 unspecified atom stereocenters. The molecule has 0 bridgehead atoms. The maximum absolute atomic E-state index is 11.7. The number of hydrogen-bond acceptors (Lipinski definition) is 3. The van der Waals surface area contributed by atoms with Gasteiger partial charge in [0.25, 0.3) is 0 Å². The van der Waals surface area contributed by atoms with Gasteiger partial charge in [-0.3, -0.25) is 0 Å². The summed E-state index contributed by atoms with van der Waals surface area (Å²) in [6, 6.07) is 0. The summed E-state index contributed by atoms with van der Waals surface area (Å²) in [5.74, 6) is 1.71. The largest absolute Gasteiger partial charge is 0.444 e. The minimum atomic E-state index is -0.430. The van der Waals surface area contributed by atoms with Crippen molar-refractivity contribution >= 4 is 12.4 Å². The van der Waals surface area contributed by atoms with Crippen LogP contribution in [0.1, 0.15) is 27.7 Å². The lowest BCUT2D eigenvalue weighted by Gasteiger charge is -2.40. The fourth-order valence-electron chi connectivity index (χ4n) is 2.72. The van der Waals surface area contributed by atoms with Crippen molar-refractivity contribution in [2.75, 3.05) is 13.1 Å². The monoisotopic (exact) mass is 239 g/mol. The lowest BCUT2D eigenvalue weighted by molar-refractivity contribution is -0.109. The number of rotatable bonds is 2. The Bertz CT molecular complexity index is 328. The first-order valence-electron chi connectivity index (χ1n) is 6.26. The van der Waals surface area contributed by atoms with Crippen molar-refractivity contribution in [3.63, 3.8) is 0 Å². The maximum Gasteiger partial charge on any atom is 0.410 e. The molecule has 1 saturated carbocycles. The Morgan fingerprint density at radius 1 is 1.35 bits per heavy atom. The zero-order chi connectivity index (χ0) is 12.8. The molecular formula is C13H21NO3. The molecule has 1 heterocycles. The Labute approximate surface area is 102 Å². The molecule has 2 fully saturated rings. The average Bonchev–Trinajstić information content (AvgIpc) is 2.70. The van der Waals surface area contributed by atoms with Crippen LogP contribution in [0.3, 0.4) is 0 Å². The van der Waals surface area contributed by atoms with Crippen LogP contribution in [-0.4, -0.2) is 36.0 Å². The first kappa shape index (κ1) is 12.4. The Hall–Kier alpha value is -1.06. The maximum atomic E-state index is 11.7. The lowest BCUT2D eigenvalue weighted by atomic mass is 9.93. The van der Waals surface area contributed by atoms with Crippen LogP contribution in [0.4, 0.5) is 4.79 Å². The van der Waals surface area contributed by atoms with Gasteiger partial charge in [-0.25, -0.2) is 4.79 Å². The second-order valence-corrected chi connectivity index (χ2v) is 6.30. The van der Waals surface area contributed by atoms with Crippen LogP contribution < -0.4 is 0 Å². The van der Waals surface area contributed by atoms with Crippen molar-refractivity contribution < 1.29 is 14.3 Å². The summed E-state index contributed by atoms with van der Waals surface area (Å²) in [6.45, 7) is 9.21. The fraction of sp³-hybridized carbons (Fsp3) is 0.846. The Kier molecular flexibility index (Phi) is 2.92. The van der Waals surface area contributed by atoms with Crippen molar-refractivity contribution in [2.45, 2.75) is 33.3 Å². The number of nitrogens with zero attached hydrogens (tertiary/aromatic N) is 1. The summed E-state index contributed by atoms with van der Waals surface area (Å²) in [5, 5.41) is 0. The number of ether oxygens (including phenoxy) is 1. The van der Waals surface area contributed by atoms with E-state index in [9.17, 15) is 9.59 Å². The minimum Gasteiger partial charge on any atom is -0.444 e. The summed E-state index contributed by atoms with van der Waals surface area (Å²) >= 11 is 0. The Morgan fingerprint density at radius 2 is 1.94 bits per heavy atom. The summed E-state index contributed by atoms with van der Waals surface area (Å²) in [6.07, 6.45) is 0.829. The Morgan fingerprint density at radius 3 is 2.35 bits per heavy atom. The quantitative estimate of drug-likeness (QED) is 0.692. The van der Waals surface area contributed by atoms with Gasteiger partial charge in [0, 0.05) is 19.0 Å². The molecule has 0 aromatic carbocycles. The molecule has 0 N–H and O–H groups in total. The number of carbonyl (C=O) groups is 2. The van der Waals surface area contributed by atoms with E-state index in [1.54, 1.807) is 4.90 Å². The first-order valence-corrected chi connectivity index (χ1v) is 6.26. The summed E-state index contributed by atoms with van der Waals surface area (Å²) < 4.78 is 5.29. The van der Waals surface area contributed by atoms with Gasteiger partial charge in [-0.15, -0.1) is 0 Å². The average molecular weight is 239 g/mol. The molecule has 1 saturated heterocycles. The van der Waals surface area contributed by atoms with Crippen LogP contribution in [-0.2, 0) is 9.53 Å². The van der Waals surface area contributed by atoms with E-state index in [2.05, 4.69) is 6.92 Å². The van der Waals surface area contributed by atoms with Crippen LogP contribution in [0.15, 0.2) is 0 Å². The van der Waals surface area contributed by atoms with Gasteiger partial charge in [0.1, 0.15) is 11.9 Å². The standard InChI is InChI=1S/C13H21NO3/c1-8-10(7-15)11(8)9-5-14(6-9)12(16)17-13(2,3)4/h7-11H,5-6H2,1-4H3. The molecule has 0 spiro atoms. The predicted octanol–water partition coefficient (Wildman–Crippen LogP) is 1.93. The minimum absolute atomic E-state index is 0.223. The summed E-state index contributed by atoms with van der Waals surface area (Å²) in [4.78, 5) is 24.2. The molecular weight excluding hydrogens is 218 g/mol. The molecule has 2 aliphatic rings. The van der Waals surface area contributed by atoms with Gasteiger partial charge in [0.05, 0.1) is 0 Å². The number of hydrogen-bond donors (Lipinski definition) is 0. The van der Waals surface area contributed by atoms with Crippen LogP contribution in [0.5, 0.6) is 0 Å². The number of likely N-dealkylation sites (tertiary alicyclic amines) is 1. The van der Waals surface area contributed by atoms with E-state index in [4.69, 9.17) is 4.74 Å². The zero-order valence-electron chi connectivity index (χ0n) is 11.0. The van der Waals surface area contributed by atoms with Crippen molar-refractivity contribution in [1.82, 2.24) is 4.90 Å². The van der Waals surface area contributed by atoms with Crippen molar-refractivity contribution in [3.05, 3.63) is 0 Å². The van der Waals surface area contributed by atoms with E-state index in [-0.39, 0.29) is 12.0 Å². The molecule has 4 heteroatoms. The number of amides is 1. The summed E-state index contributed by atoms with van der Waals surface area (Å²) in [7, 11) is 0. The van der Waals surface area contributed by atoms with Gasteiger partial charge in [0.15, 0.2) is 0 Å². The molecule has 4 nitrogen and oxygen atoms in total. The number of carbonyl (C=O) groups excluding carboxylic acids is 2. The molecule has 0 aromatic rings. The van der Waals surface area contributed by atoms with Crippen molar-refractivity contribution in [2.24, 2.45) is 23.7 Å². The molecule has 1 aliphatic carbocycles. The third-order valence-electron chi connectivity index (χ3n) is 3.78. The third-order valence-corrected chi connectivity index (χ3v) is 3.78. The van der Waals surface area contributed by atoms with E-state index < -0.39 is 5.60 Å². The first-order chi connectivity index (χ1) is 7.83. The van der Waals surface area contributed by atoms with E-state index >= 15 is 0 Å². The summed E-state index contributed by atoms with van der Waals surface area (Å²) in [5.41, 5.74) is -0.430. The smallest absolute Gasteiger partial charge is 0.410 e. The zero-order valence-corrected chi connectivity index (χ0v) is 11.0. The highest BCUT2D eigenvalue weighted by Crippen LogP contribution is 2.51. The molecule has 2 rings (SSSR count). The molecule has 17 heavy (non-hydrogen) atoms. The van der Waals surface area contributed by atoms with Gasteiger partial charge < -0.3 is 14.4 Å². The molecule has 1 amide bonds. The van der Waals surface area contributed by atoms with Gasteiger partial charge in [-0.2, -0.15) is 0 Å². The Balaban J connectivity index is 1.76. The highest BCUT2D eigenvalue weighted by Gasteiger charge is 2.54. The molecule has 1 aliphatic heterocycles. The fourth-order valence-corrected chi connectivity index (χ4v) is 2.72. The van der Waals surface area contributed by atoms with E-state index in [1.807, 2.05) is 20.8 Å². The normalized spacial score (nSPS) is 32.9. The van der Waals surface area contributed by atoms with Crippen LogP contribution >= 0.6 is 0 Å². The van der Waals surface area contributed by atoms with Gasteiger partial charge >= 0.3 is 6.09 Å². The van der Waals surface area contributed by atoms with Gasteiger partial charge in [0.2, 0.25) is 0 Å². The topological polar surface area (TPSA) is 46.6 Å². The second kappa shape index (κ2) is 4.00. The van der Waals surface area contributed by atoms with Crippen molar-refractivity contribution in [1.29, 1.82) is 0 Å². The van der Waals surface area contributed by atoms with Gasteiger partial charge in [-0.05, 0) is 38.5 Å². The van der Waals surface area contributed by atoms with E-state index in [1.165, 1.54) is 0 Å². The van der Waals surface area contributed by atoms with Crippen LogP contribution in [0.2, 0.25) is 0 Å².